The molecule has 8 nitrogen and oxygen atoms in total. The van der Waals surface area contributed by atoms with E-state index < -0.39 is 35.2 Å². The van der Waals surface area contributed by atoms with Gasteiger partial charge in [-0.3, -0.25) is 4.79 Å². The number of nitrogens with zero attached hydrogens (tertiary/aromatic N) is 2. The zero-order valence-electron chi connectivity index (χ0n) is 20.9. The third kappa shape index (κ3) is 6.87. The fourth-order valence-electron chi connectivity index (χ4n) is 4.14. The molecular weight excluding hydrogens is 491 g/mol. The smallest absolute Gasteiger partial charge is 0.335 e. The second-order valence-corrected chi connectivity index (χ2v) is 8.95. The predicted octanol–water partition coefficient (Wildman–Crippen LogP) is 5.04. The van der Waals surface area contributed by atoms with Gasteiger partial charge in [0.25, 0.3) is 0 Å². The Morgan fingerprint density at radius 1 is 1.22 bits per heavy atom. The highest BCUT2D eigenvalue weighted by molar-refractivity contribution is 5.91. The Hall–Kier alpha value is -3.89. The van der Waals surface area contributed by atoms with E-state index in [1.165, 1.54) is 20.1 Å². The van der Waals surface area contributed by atoms with Crippen molar-refractivity contribution in [1.82, 2.24) is 15.5 Å². The Morgan fingerprint density at radius 2 is 1.95 bits per heavy atom. The number of aromatic nitrogens is 2. The minimum Gasteiger partial charge on any atom is -0.513 e. The summed E-state index contributed by atoms with van der Waals surface area (Å²) in [7, 11) is 1.17. The van der Waals surface area contributed by atoms with E-state index in [9.17, 15) is 27.9 Å². The lowest BCUT2D eigenvalue weighted by Crippen LogP contribution is -2.32. The Balaban J connectivity index is 1.73. The molecule has 3 rings (SSSR count). The summed E-state index contributed by atoms with van der Waals surface area (Å²) in [5.74, 6) is -4.91. The first-order chi connectivity index (χ1) is 17.5. The third-order valence-corrected chi connectivity index (χ3v) is 6.11. The summed E-state index contributed by atoms with van der Waals surface area (Å²) in [4.78, 5) is 29.4. The van der Waals surface area contributed by atoms with Crippen LogP contribution in [0.25, 0.3) is 5.57 Å². The maximum absolute atomic E-state index is 14.5. The van der Waals surface area contributed by atoms with Crippen LogP contribution in [0.2, 0.25) is 0 Å². The van der Waals surface area contributed by atoms with Crippen molar-refractivity contribution in [3.63, 3.8) is 0 Å². The highest BCUT2D eigenvalue weighted by atomic mass is 19.2. The van der Waals surface area contributed by atoms with E-state index in [-0.39, 0.29) is 54.4 Å². The molecule has 0 spiro atoms. The Kier molecular flexibility index (Phi) is 8.90. The summed E-state index contributed by atoms with van der Waals surface area (Å²) < 4.78 is 52.1. The first kappa shape index (κ1) is 27.7. The van der Waals surface area contributed by atoms with Crippen molar-refractivity contribution in [3.8, 4) is 0 Å². The van der Waals surface area contributed by atoms with Crippen LogP contribution < -0.4 is 5.32 Å². The van der Waals surface area contributed by atoms with Crippen molar-refractivity contribution >= 4 is 17.4 Å². The molecule has 11 heteroatoms. The number of amides is 1. The fourth-order valence-corrected chi connectivity index (χ4v) is 4.14. The number of aryl methyl sites for hydroxylation is 1. The fraction of sp³-hybridized carbons (Fsp3) is 0.385. The summed E-state index contributed by atoms with van der Waals surface area (Å²) in [6, 6.07) is 1.39. The number of aliphatic hydroxyl groups is 1. The summed E-state index contributed by atoms with van der Waals surface area (Å²) in [5, 5.41) is 15.8. The van der Waals surface area contributed by atoms with E-state index in [1.54, 1.807) is 19.9 Å². The van der Waals surface area contributed by atoms with E-state index in [4.69, 9.17) is 9.26 Å². The van der Waals surface area contributed by atoms with E-state index >= 15 is 0 Å². The van der Waals surface area contributed by atoms with Gasteiger partial charge in [0.2, 0.25) is 11.8 Å². The van der Waals surface area contributed by atoms with Crippen LogP contribution in [0.4, 0.5) is 13.2 Å². The van der Waals surface area contributed by atoms with Gasteiger partial charge in [-0.25, -0.2) is 18.0 Å². The molecule has 2 unspecified atom stereocenters. The number of carbonyl (C=O) groups excluding carboxylic acids is 2. The number of ether oxygens (including phenoxy) is 1. The largest absolute Gasteiger partial charge is 0.513 e. The SMILES string of the molecule is COC(=O)C1=C(NC(=O)CCc2nc(/C(C)=C/C=C(\C)O)no2)CC(C)C(c2cc(F)cc(F)c2F)C1. The Morgan fingerprint density at radius 3 is 2.62 bits per heavy atom. The van der Waals surface area contributed by atoms with Crippen LogP contribution in [-0.4, -0.2) is 34.2 Å². The van der Waals surface area contributed by atoms with Crippen LogP contribution in [0, 0.1) is 23.4 Å². The molecule has 2 aromatic rings. The van der Waals surface area contributed by atoms with Crippen molar-refractivity contribution < 1.29 is 37.1 Å². The Labute approximate surface area is 211 Å². The van der Waals surface area contributed by atoms with Crippen LogP contribution in [0.3, 0.4) is 0 Å². The maximum atomic E-state index is 14.5. The number of rotatable bonds is 8. The molecule has 1 aromatic heterocycles. The standard InChI is InChI=1S/C26H28F3N3O5/c1-13(5-6-15(3)33)25-31-23(37-32-25)8-7-22(34)30-21-9-14(2)17(12-19(21)26(35)36-4)18-10-16(27)11-20(28)24(18)29/h5-6,10-11,14,17,33H,7-9,12H2,1-4H3,(H,30,34)/b13-5+,15-6+. The van der Waals surface area contributed by atoms with Gasteiger partial charge in [-0.2, -0.15) is 4.98 Å². The predicted molar refractivity (Wildman–Crippen MR) is 127 cm³/mol. The number of aliphatic hydroxyl groups excluding tert-OH is 1. The van der Waals surface area contributed by atoms with Gasteiger partial charge in [-0.05, 0) is 61.8 Å². The molecule has 1 aliphatic rings. The molecule has 0 saturated heterocycles. The molecule has 198 valence electrons. The highest BCUT2D eigenvalue weighted by Gasteiger charge is 2.35. The van der Waals surface area contributed by atoms with Crippen molar-refractivity contribution in [2.45, 2.75) is 52.4 Å². The zero-order chi connectivity index (χ0) is 27.3. The quantitative estimate of drug-likeness (QED) is 0.217. The van der Waals surface area contributed by atoms with Crippen molar-refractivity contribution in [1.29, 1.82) is 0 Å². The number of esters is 1. The maximum Gasteiger partial charge on any atom is 0.335 e. The van der Waals surface area contributed by atoms with Gasteiger partial charge in [-0.15, -0.1) is 0 Å². The molecule has 0 fully saturated rings. The van der Waals surface area contributed by atoms with Crippen LogP contribution in [0.1, 0.15) is 63.2 Å². The van der Waals surface area contributed by atoms with Gasteiger partial charge in [0.15, 0.2) is 17.5 Å². The van der Waals surface area contributed by atoms with E-state index in [0.717, 1.165) is 6.07 Å². The zero-order valence-corrected chi connectivity index (χ0v) is 20.9. The molecule has 1 amide bonds. The monoisotopic (exact) mass is 519 g/mol. The molecule has 0 saturated carbocycles. The van der Waals surface area contributed by atoms with Crippen LogP contribution in [0.5, 0.6) is 0 Å². The molecule has 0 radical (unpaired) electrons. The van der Waals surface area contributed by atoms with Crippen molar-refractivity contribution in [2.75, 3.05) is 7.11 Å². The summed E-state index contributed by atoms with van der Waals surface area (Å²) in [5.41, 5.74) is 0.907. The van der Waals surface area contributed by atoms with E-state index in [0.29, 0.717) is 23.2 Å². The van der Waals surface area contributed by atoms with Gasteiger partial charge in [0.1, 0.15) is 5.82 Å². The minimum atomic E-state index is -1.31. The summed E-state index contributed by atoms with van der Waals surface area (Å²) in [6.07, 6.45) is 3.31. The van der Waals surface area contributed by atoms with Crippen LogP contribution in [-0.2, 0) is 20.7 Å². The van der Waals surface area contributed by atoms with Crippen molar-refractivity contribution in [3.05, 3.63) is 76.0 Å². The number of nitrogens with one attached hydrogen (secondary N) is 1. The average molecular weight is 520 g/mol. The van der Waals surface area contributed by atoms with Gasteiger partial charge >= 0.3 is 5.97 Å². The summed E-state index contributed by atoms with van der Waals surface area (Å²) in [6.45, 7) is 5.01. The molecule has 1 aliphatic carbocycles. The first-order valence-corrected chi connectivity index (χ1v) is 11.6. The number of halogens is 3. The van der Waals surface area contributed by atoms with Crippen LogP contribution >= 0.6 is 0 Å². The average Bonchev–Trinajstić information content (AvgIpc) is 3.32. The lowest BCUT2D eigenvalue weighted by atomic mass is 9.75. The molecule has 0 bridgehead atoms. The molecule has 0 aliphatic heterocycles. The topological polar surface area (TPSA) is 115 Å². The van der Waals surface area contributed by atoms with Gasteiger partial charge in [0.05, 0.1) is 18.4 Å². The molecule has 2 atom stereocenters. The number of hydrogen-bond donors (Lipinski definition) is 2. The lowest BCUT2D eigenvalue weighted by molar-refractivity contribution is -0.136. The van der Waals surface area contributed by atoms with Gasteiger partial charge in [-0.1, -0.05) is 18.2 Å². The second kappa shape index (κ2) is 11.9. The molecule has 37 heavy (non-hydrogen) atoms. The second-order valence-electron chi connectivity index (χ2n) is 8.95. The number of carbonyl (C=O) groups is 2. The number of allylic oxidation sites excluding steroid dienone is 5. The summed E-state index contributed by atoms with van der Waals surface area (Å²) >= 11 is 0. The number of hydrogen-bond acceptors (Lipinski definition) is 7. The third-order valence-electron chi connectivity index (χ3n) is 6.11. The van der Waals surface area contributed by atoms with Crippen molar-refractivity contribution in [2.24, 2.45) is 5.92 Å². The van der Waals surface area contributed by atoms with Gasteiger partial charge in [0, 0.05) is 24.6 Å². The minimum absolute atomic E-state index is 0.0282. The lowest BCUT2D eigenvalue weighted by Gasteiger charge is -2.32. The highest BCUT2D eigenvalue weighted by Crippen LogP contribution is 2.41. The normalized spacial score (nSPS) is 18.7. The molecule has 2 N–H and O–H groups in total. The number of methoxy groups -OCH3 is 1. The van der Waals surface area contributed by atoms with Crippen LogP contribution in [0.15, 0.2) is 45.8 Å². The molecule has 1 aromatic carbocycles. The first-order valence-electron chi connectivity index (χ1n) is 11.6. The Bertz CT molecular complexity index is 1280. The number of benzene rings is 1. The molecule has 1 heterocycles. The van der Waals surface area contributed by atoms with E-state index in [2.05, 4.69) is 15.5 Å². The molecular formula is C26H28F3N3O5. The van der Waals surface area contributed by atoms with Gasteiger partial charge < -0.3 is 19.7 Å². The van der Waals surface area contributed by atoms with E-state index in [1.807, 2.05) is 0 Å².